The first kappa shape index (κ1) is 9.58. The van der Waals surface area contributed by atoms with Crippen LogP contribution in [-0.2, 0) is 9.84 Å². The maximum absolute atomic E-state index is 11.2. The van der Waals surface area contributed by atoms with Gasteiger partial charge in [0.05, 0.1) is 12.2 Å². The number of rotatable bonds is 3. The molecule has 0 amide bonds. The van der Waals surface area contributed by atoms with E-state index >= 15 is 0 Å². The Kier molecular flexibility index (Phi) is 3.31. The number of carbonyl (C=O) groups is 1. The van der Waals surface area contributed by atoms with Crippen LogP contribution in [0.3, 0.4) is 0 Å². The molecule has 0 aliphatic heterocycles. The summed E-state index contributed by atoms with van der Waals surface area (Å²) in [7, 11) is 0. The van der Waals surface area contributed by atoms with Crippen LogP contribution in [0.2, 0.25) is 0 Å². The van der Waals surface area contributed by atoms with Crippen molar-refractivity contribution in [2.24, 2.45) is 0 Å². The molecule has 0 fully saturated rings. The van der Waals surface area contributed by atoms with Crippen molar-refractivity contribution in [2.45, 2.75) is 13.3 Å². The average molecular weight is 179 g/mol. The molecule has 1 radical (unpaired) electrons. The summed E-state index contributed by atoms with van der Waals surface area (Å²) in [5.74, 6) is -0.606. The van der Waals surface area contributed by atoms with E-state index in [1.54, 1.807) is 12.1 Å². The molecule has 13 heavy (non-hydrogen) atoms. The van der Waals surface area contributed by atoms with Gasteiger partial charge in [-0.3, -0.25) is 5.11 Å². The van der Waals surface area contributed by atoms with Crippen molar-refractivity contribution >= 4 is 5.97 Å². The fourth-order valence-electron chi connectivity index (χ4n) is 0.901. The molecule has 3 nitrogen and oxygen atoms in total. The van der Waals surface area contributed by atoms with Crippen LogP contribution in [-0.4, -0.2) is 12.6 Å². The minimum Gasteiger partial charge on any atom is -0.462 e. The molecular weight excluding hydrogens is 168 g/mol. The Balaban J connectivity index is 2.66. The molecule has 0 atom stereocenters. The smallest absolute Gasteiger partial charge is 0.338 e. The maximum Gasteiger partial charge on any atom is 0.338 e. The van der Waals surface area contributed by atoms with E-state index in [0.717, 1.165) is 6.42 Å². The summed E-state index contributed by atoms with van der Waals surface area (Å²) in [6, 6.07) is 5.79. The highest BCUT2D eigenvalue weighted by Gasteiger charge is 2.06. The first-order chi connectivity index (χ1) is 6.24. The van der Waals surface area contributed by atoms with Gasteiger partial charge in [0.1, 0.15) is 0 Å². The molecule has 0 saturated heterocycles. The highest BCUT2D eigenvalue weighted by molar-refractivity contribution is 5.89. The van der Waals surface area contributed by atoms with E-state index < -0.39 is 5.97 Å². The van der Waals surface area contributed by atoms with E-state index in [4.69, 9.17) is 4.74 Å². The van der Waals surface area contributed by atoms with Gasteiger partial charge in [-0.15, -0.1) is 0 Å². The predicted octanol–water partition coefficient (Wildman–Crippen LogP) is 2.40. The predicted molar refractivity (Wildman–Crippen MR) is 47.1 cm³/mol. The lowest BCUT2D eigenvalue weighted by Crippen LogP contribution is -2.05. The lowest BCUT2D eigenvalue weighted by Gasteiger charge is -2.01. The third-order valence-corrected chi connectivity index (χ3v) is 1.51. The highest BCUT2D eigenvalue weighted by Crippen LogP contribution is 2.12. The van der Waals surface area contributed by atoms with Gasteiger partial charge in [-0.25, -0.2) is 4.79 Å². The summed E-state index contributed by atoms with van der Waals surface area (Å²) < 4.78 is 4.85. The summed E-state index contributed by atoms with van der Waals surface area (Å²) in [5, 5.41) is 10.9. The van der Waals surface area contributed by atoms with Crippen LogP contribution in [0.25, 0.3) is 0 Å². The second-order valence-corrected chi connectivity index (χ2v) is 2.66. The summed E-state index contributed by atoms with van der Waals surface area (Å²) in [6.45, 7) is 2.30. The molecule has 0 spiro atoms. The molecule has 1 aromatic carbocycles. The molecular formula is C10H11O3. The van der Waals surface area contributed by atoms with Crippen molar-refractivity contribution in [3.63, 3.8) is 0 Å². The van der Waals surface area contributed by atoms with Crippen molar-refractivity contribution in [3.05, 3.63) is 29.8 Å². The van der Waals surface area contributed by atoms with Crippen LogP contribution in [0.5, 0.6) is 5.75 Å². The van der Waals surface area contributed by atoms with Crippen molar-refractivity contribution in [1.29, 1.82) is 0 Å². The maximum atomic E-state index is 11.2. The Bertz CT molecular complexity index is 294. The Hall–Kier alpha value is -1.51. The largest absolute Gasteiger partial charge is 0.462 e. The normalized spacial score (nSPS) is 9.62. The minimum atomic E-state index is -0.431. The molecule has 0 unspecified atom stereocenters. The summed E-state index contributed by atoms with van der Waals surface area (Å²) in [5.41, 5.74) is 0.320. The Labute approximate surface area is 77.0 Å². The van der Waals surface area contributed by atoms with Gasteiger partial charge in [-0.2, -0.15) is 0 Å². The van der Waals surface area contributed by atoms with Crippen LogP contribution in [0.15, 0.2) is 24.3 Å². The number of benzene rings is 1. The topological polar surface area (TPSA) is 46.2 Å². The minimum absolute atomic E-state index is 0.175. The van der Waals surface area contributed by atoms with Gasteiger partial charge < -0.3 is 4.74 Å². The zero-order valence-electron chi connectivity index (χ0n) is 7.45. The number of carbonyl (C=O) groups excluding carboxylic acids is 1. The number of ether oxygens (including phenoxy) is 1. The molecule has 0 aliphatic carbocycles. The lowest BCUT2D eigenvalue weighted by molar-refractivity contribution is 0.0504. The fourth-order valence-corrected chi connectivity index (χ4v) is 0.901. The molecule has 3 heteroatoms. The summed E-state index contributed by atoms with van der Waals surface area (Å²) in [6.07, 6.45) is 0.781. The van der Waals surface area contributed by atoms with Crippen molar-refractivity contribution in [3.8, 4) is 5.75 Å². The van der Waals surface area contributed by atoms with Gasteiger partial charge >= 0.3 is 5.97 Å². The van der Waals surface area contributed by atoms with Gasteiger partial charge in [0.25, 0.3) is 0 Å². The standard InChI is InChI=1S/C10H11O3/c1-2-6-13-10(12)8-4-3-5-9(11)7-8/h3-5,7H,2,6H2,1H3. The fraction of sp³-hybridized carbons (Fsp3) is 0.300. The molecule has 69 valence electrons. The van der Waals surface area contributed by atoms with Crippen LogP contribution in [0, 0.1) is 0 Å². The molecule has 0 aliphatic rings. The average Bonchev–Trinajstić information content (AvgIpc) is 2.14. The van der Waals surface area contributed by atoms with Crippen LogP contribution >= 0.6 is 0 Å². The first-order valence-corrected chi connectivity index (χ1v) is 4.18. The Morgan fingerprint density at radius 3 is 2.85 bits per heavy atom. The van der Waals surface area contributed by atoms with Crippen LogP contribution in [0.4, 0.5) is 0 Å². The SMILES string of the molecule is CCCOC(=O)c1cccc([O])c1. The van der Waals surface area contributed by atoms with Gasteiger partial charge in [0, 0.05) is 0 Å². The molecule has 0 saturated carbocycles. The quantitative estimate of drug-likeness (QED) is 0.669. The highest BCUT2D eigenvalue weighted by atomic mass is 16.5. The van der Waals surface area contributed by atoms with E-state index in [9.17, 15) is 9.90 Å². The van der Waals surface area contributed by atoms with Crippen molar-refractivity contribution in [1.82, 2.24) is 0 Å². The third-order valence-electron chi connectivity index (χ3n) is 1.51. The second-order valence-electron chi connectivity index (χ2n) is 2.66. The first-order valence-electron chi connectivity index (χ1n) is 4.18. The molecule has 1 aromatic rings. The molecule has 0 heterocycles. The summed E-state index contributed by atoms with van der Waals surface area (Å²) in [4.78, 5) is 11.2. The Morgan fingerprint density at radius 2 is 2.23 bits per heavy atom. The van der Waals surface area contributed by atoms with Gasteiger partial charge in [0.15, 0.2) is 5.75 Å². The van der Waals surface area contributed by atoms with Crippen LogP contribution in [0.1, 0.15) is 23.7 Å². The van der Waals surface area contributed by atoms with Gasteiger partial charge in [0.2, 0.25) is 0 Å². The van der Waals surface area contributed by atoms with Crippen molar-refractivity contribution < 1.29 is 14.6 Å². The zero-order chi connectivity index (χ0) is 9.68. The lowest BCUT2D eigenvalue weighted by atomic mass is 10.2. The molecule has 1 rings (SSSR count). The molecule has 0 aromatic heterocycles. The Morgan fingerprint density at radius 1 is 1.46 bits per heavy atom. The second kappa shape index (κ2) is 4.50. The summed E-state index contributed by atoms with van der Waals surface area (Å²) >= 11 is 0. The van der Waals surface area contributed by atoms with E-state index in [0.29, 0.717) is 12.2 Å². The van der Waals surface area contributed by atoms with E-state index in [-0.39, 0.29) is 5.75 Å². The molecule has 0 N–H and O–H groups in total. The number of esters is 1. The van der Waals surface area contributed by atoms with Gasteiger partial charge in [-0.05, 0) is 24.6 Å². The third kappa shape index (κ3) is 2.78. The molecule has 0 bridgehead atoms. The van der Waals surface area contributed by atoms with E-state index in [1.165, 1.54) is 12.1 Å². The van der Waals surface area contributed by atoms with E-state index in [2.05, 4.69) is 0 Å². The number of hydrogen-bond donors (Lipinski definition) is 0. The number of hydrogen-bond acceptors (Lipinski definition) is 2. The monoisotopic (exact) mass is 179 g/mol. The van der Waals surface area contributed by atoms with Crippen molar-refractivity contribution in [2.75, 3.05) is 6.61 Å². The van der Waals surface area contributed by atoms with E-state index in [1.807, 2.05) is 6.92 Å². The van der Waals surface area contributed by atoms with Gasteiger partial charge in [-0.1, -0.05) is 13.0 Å². The zero-order valence-corrected chi connectivity index (χ0v) is 7.45. The van der Waals surface area contributed by atoms with Crippen LogP contribution < -0.4 is 0 Å².